The topological polar surface area (TPSA) is 126 Å². The van der Waals surface area contributed by atoms with Crippen LogP contribution in [0.15, 0.2) is 41.8 Å². The third kappa shape index (κ3) is 5.69. The summed E-state index contributed by atoms with van der Waals surface area (Å²) in [5, 5.41) is 25.1. The van der Waals surface area contributed by atoms with Crippen LogP contribution in [0.1, 0.15) is 12.8 Å². The van der Waals surface area contributed by atoms with Crippen LogP contribution in [0.3, 0.4) is 0 Å². The second-order valence-electron chi connectivity index (χ2n) is 7.30. The minimum Gasteiger partial charge on any atom is -0.508 e. The van der Waals surface area contributed by atoms with E-state index in [4.69, 9.17) is 4.74 Å². The smallest absolute Gasteiger partial charge is 0.213 e. The van der Waals surface area contributed by atoms with Crippen LogP contribution in [-0.4, -0.2) is 65.9 Å². The lowest BCUT2D eigenvalue weighted by Gasteiger charge is -2.31. The SMILES string of the molecule is Cn1cnc(S(=O)(=O)C(NC[C@H](O)COc2ccc(O)cc2)C2CCNCC2)c1. The summed E-state index contributed by atoms with van der Waals surface area (Å²) in [5.74, 6) is 0.565. The molecule has 0 amide bonds. The molecule has 2 atom stereocenters. The molecule has 4 N–H and O–H groups in total. The highest BCUT2D eigenvalue weighted by Gasteiger charge is 2.36. The van der Waals surface area contributed by atoms with Crippen LogP contribution < -0.4 is 15.4 Å². The van der Waals surface area contributed by atoms with Crippen molar-refractivity contribution in [3.63, 3.8) is 0 Å². The first kappa shape index (κ1) is 21.6. The van der Waals surface area contributed by atoms with Gasteiger partial charge in [0.25, 0.3) is 0 Å². The second-order valence-corrected chi connectivity index (χ2v) is 9.31. The van der Waals surface area contributed by atoms with Gasteiger partial charge in [-0.25, -0.2) is 13.4 Å². The Balaban J connectivity index is 1.64. The molecule has 1 aliphatic rings. The van der Waals surface area contributed by atoms with Crippen LogP contribution >= 0.6 is 0 Å². The molecule has 1 aromatic carbocycles. The van der Waals surface area contributed by atoms with Crippen molar-refractivity contribution in [1.82, 2.24) is 20.2 Å². The predicted molar refractivity (Wildman–Crippen MR) is 107 cm³/mol. The average molecular weight is 425 g/mol. The molecule has 2 heterocycles. The molecule has 2 aromatic rings. The molecule has 29 heavy (non-hydrogen) atoms. The zero-order valence-corrected chi connectivity index (χ0v) is 17.2. The molecule has 1 unspecified atom stereocenters. The van der Waals surface area contributed by atoms with Gasteiger partial charge in [0, 0.05) is 19.8 Å². The predicted octanol–water partition coefficient (Wildman–Crippen LogP) is 0.255. The highest BCUT2D eigenvalue weighted by Crippen LogP contribution is 2.25. The first-order chi connectivity index (χ1) is 13.9. The van der Waals surface area contributed by atoms with E-state index in [0.29, 0.717) is 5.75 Å². The van der Waals surface area contributed by atoms with E-state index in [1.165, 1.54) is 24.7 Å². The summed E-state index contributed by atoms with van der Waals surface area (Å²) in [5.41, 5.74) is 0. The molecule has 1 fully saturated rings. The third-order valence-corrected chi connectivity index (χ3v) is 6.97. The van der Waals surface area contributed by atoms with Crippen LogP contribution in [0.5, 0.6) is 11.5 Å². The standard InChI is InChI=1S/C19H28N4O5S/c1-23-11-18(22-13-23)29(26,27)19(14-6-8-20-9-7-14)21-10-16(25)12-28-17-4-2-15(24)3-5-17/h2-5,11,13-14,16,19-21,24-25H,6-10,12H2,1H3/t16-,19?/m0/s1. The highest BCUT2D eigenvalue weighted by molar-refractivity contribution is 7.92. The van der Waals surface area contributed by atoms with Gasteiger partial charge in [-0.2, -0.15) is 0 Å². The molecule has 3 rings (SSSR count). The summed E-state index contributed by atoms with van der Waals surface area (Å²) in [7, 11) is -1.97. The molecular formula is C19H28N4O5S. The number of nitrogens with zero attached hydrogens (tertiary/aromatic N) is 2. The van der Waals surface area contributed by atoms with E-state index < -0.39 is 21.3 Å². The van der Waals surface area contributed by atoms with Gasteiger partial charge in [0.15, 0.2) is 5.03 Å². The van der Waals surface area contributed by atoms with Gasteiger partial charge in [-0.15, -0.1) is 0 Å². The van der Waals surface area contributed by atoms with Crippen molar-refractivity contribution in [2.75, 3.05) is 26.2 Å². The first-order valence-corrected chi connectivity index (χ1v) is 11.2. The first-order valence-electron chi connectivity index (χ1n) is 9.62. The van der Waals surface area contributed by atoms with E-state index in [1.54, 1.807) is 23.7 Å². The fraction of sp³-hybridized carbons (Fsp3) is 0.526. The number of rotatable bonds is 9. The largest absolute Gasteiger partial charge is 0.508 e. The van der Waals surface area contributed by atoms with Gasteiger partial charge in [-0.1, -0.05) is 0 Å². The van der Waals surface area contributed by atoms with E-state index in [2.05, 4.69) is 15.6 Å². The number of aliphatic hydroxyl groups excluding tert-OH is 1. The number of phenolic OH excluding ortho intramolecular Hbond substituents is 1. The Hall–Kier alpha value is -2.14. The molecule has 1 aromatic heterocycles. The summed E-state index contributed by atoms with van der Waals surface area (Å²) in [4.78, 5) is 4.03. The quantitative estimate of drug-likeness (QED) is 0.452. The maximum atomic E-state index is 13.2. The Kier molecular flexibility index (Phi) is 7.12. The molecule has 0 aliphatic carbocycles. The van der Waals surface area contributed by atoms with Crippen molar-refractivity contribution in [3.8, 4) is 11.5 Å². The van der Waals surface area contributed by atoms with Crippen molar-refractivity contribution in [2.45, 2.75) is 29.3 Å². The lowest BCUT2D eigenvalue weighted by Crippen LogP contribution is -2.49. The van der Waals surface area contributed by atoms with Gasteiger partial charge in [0.2, 0.25) is 9.84 Å². The number of ether oxygens (including phenoxy) is 1. The van der Waals surface area contributed by atoms with Gasteiger partial charge < -0.3 is 24.8 Å². The van der Waals surface area contributed by atoms with Crippen molar-refractivity contribution in [2.24, 2.45) is 13.0 Å². The zero-order valence-electron chi connectivity index (χ0n) is 16.4. The molecule has 0 radical (unpaired) electrons. The minimum absolute atomic E-state index is 0.000349. The lowest BCUT2D eigenvalue weighted by molar-refractivity contribution is 0.103. The monoisotopic (exact) mass is 424 g/mol. The van der Waals surface area contributed by atoms with Crippen molar-refractivity contribution in [1.29, 1.82) is 0 Å². The van der Waals surface area contributed by atoms with Gasteiger partial charge >= 0.3 is 0 Å². The summed E-state index contributed by atoms with van der Waals surface area (Å²) >= 11 is 0. The number of aliphatic hydroxyl groups is 1. The summed E-state index contributed by atoms with van der Waals surface area (Å²) in [6.07, 6.45) is 3.52. The number of benzene rings is 1. The van der Waals surface area contributed by atoms with Gasteiger partial charge in [0.05, 0.1) is 6.33 Å². The lowest BCUT2D eigenvalue weighted by atomic mass is 9.98. The number of phenols is 1. The number of imidazole rings is 1. The Morgan fingerprint density at radius 3 is 2.62 bits per heavy atom. The van der Waals surface area contributed by atoms with E-state index >= 15 is 0 Å². The second kappa shape index (κ2) is 9.57. The normalized spacial score (nSPS) is 17.7. The van der Waals surface area contributed by atoms with E-state index in [-0.39, 0.29) is 29.8 Å². The number of aromatic hydroxyl groups is 1. The number of aromatic nitrogens is 2. The Morgan fingerprint density at radius 2 is 2.00 bits per heavy atom. The molecule has 1 aliphatic heterocycles. The van der Waals surface area contributed by atoms with Crippen LogP contribution in [0, 0.1) is 5.92 Å². The number of hydrogen-bond acceptors (Lipinski definition) is 8. The van der Waals surface area contributed by atoms with Crippen molar-refractivity contribution in [3.05, 3.63) is 36.8 Å². The minimum atomic E-state index is -3.70. The number of piperidine rings is 1. The number of sulfone groups is 1. The number of hydrogen-bond donors (Lipinski definition) is 4. The molecule has 0 bridgehead atoms. The van der Waals surface area contributed by atoms with Gasteiger partial charge in [0.1, 0.15) is 29.6 Å². The summed E-state index contributed by atoms with van der Waals surface area (Å²) < 4.78 is 33.4. The number of aryl methyl sites for hydroxylation is 1. The maximum absolute atomic E-state index is 13.2. The Bertz CT molecular complexity index is 878. The third-order valence-electron chi connectivity index (χ3n) is 4.95. The van der Waals surface area contributed by atoms with E-state index in [1.807, 2.05) is 0 Å². The van der Waals surface area contributed by atoms with E-state index in [0.717, 1.165) is 25.9 Å². The molecular weight excluding hydrogens is 396 g/mol. The Labute approximate surface area is 170 Å². The number of nitrogens with one attached hydrogen (secondary N) is 2. The molecule has 10 heteroatoms. The summed E-state index contributed by atoms with van der Waals surface area (Å²) in [6, 6.07) is 6.18. The fourth-order valence-corrected chi connectivity index (χ4v) is 5.25. The van der Waals surface area contributed by atoms with Gasteiger partial charge in [-0.3, -0.25) is 5.32 Å². The van der Waals surface area contributed by atoms with Crippen LogP contribution in [0.4, 0.5) is 0 Å². The Morgan fingerprint density at radius 1 is 1.31 bits per heavy atom. The van der Waals surface area contributed by atoms with Crippen LogP contribution in [0.25, 0.3) is 0 Å². The molecule has 160 valence electrons. The van der Waals surface area contributed by atoms with Crippen molar-refractivity contribution >= 4 is 9.84 Å². The van der Waals surface area contributed by atoms with Gasteiger partial charge in [-0.05, 0) is 56.1 Å². The average Bonchev–Trinajstić information content (AvgIpc) is 3.16. The summed E-state index contributed by atoms with van der Waals surface area (Å²) in [6.45, 7) is 1.58. The molecule has 9 nitrogen and oxygen atoms in total. The fourth-order valence-electron chi connectivity index (χ4n) is 3.39. The maximum Gasteiger partial charge on any atom is 0.213 e. The molecule has 1 saturated heterocycles. The van der Waals surface area contributed by atoms with Crippen molar-refractivity contribution < 1.29 is 23.4 Å². The zero-order chi connectivity index (χ0) is 20.9. The molecule has 0 spiro atoms. The highest BCUT2D eigenvalue weighted by atomic mass is 32.2. The van der Waals surface area contributed by atoms with Crippen LogP contribution in [0.2, 0.25) is 0 Å². The van der Waals surface area contributed by atoms with Crippen LogP contribution in [-0.2, 0) is 16.9 Å². The van der Waals surface area contributed by atoms with E-state index in [9.17, 15) is 18.6 Å². The molecule has 0 saturated carbocycles.